The summed E-state index contributed by atoms with van der Waals surface area (Å²) in [5, 5.41) is 4.13. The van der Waals surface area contributed by atoms with Crippen molar-refractivity contribution in [3.63, 3.8) is 0 Å². The number of rotatable bonds is 3. The van der Waals surface area contributed by atoms with Crippen molar-refractivity contribution < 1.29 is 14.3 Å². The largest absolute Gasteiger partial charge is 0.481 e. The quantitative estimate of drug-likeness (QED) is 0.619. The van der Waals surface area contributed by atoms with Crippen LogP contribution in [0.1, 0.15) is 43.6 Å². The number of carbonyl (C=O) groups excluding carboxylic acids is 2. The van der Waals surface area contributed by atoms with Gasteiger partial charge in [0.05, 0.1) is 13.0 Å². The third kappa shape index (κ3) is 2.41. The van der Waals surface area contributed by atoms with Crippen molar-refractivity contribution in [1.82, 2.24) is 9.78 Å². The van der Waals surface area contributed by atoms with E-state index in [1.54, 1.807) is 13.1 Å². The van der Waals surface area contributed by atoms with Crippen molar-refractivity contribution in [2.75, 3.05) is 7.11 Å². The number of Topliss-reactive ketones (excluding diaryl/α,β-unsaturated/α-hetero) is 2. The summed E-state index contributed by atoms with van der Waals surface area (Å²) in [6.45, 7) is 3.82. The van der Waals surface area contributed by atoms with Gasteiger partial charge in [-0.3, -0.25) is 9.59 Å². The molecule has 104 valence electrons. The lowest BCUT2D eigenvalue weighted by Crippen LogP contribution is -2.39. The summed E-state index contributed by atoms with van der Waals surface area (Å²) in [5.41, 5.74) is -0.0901. The highest BCUT2D eigenvalue weighted by atomic mass is 16.5. The van der Waals surface area contributed by atoms with Gasteiger partial charge in [0.15, 0.2) is 5.78 Å². The Hall–Kier alpha value is -1.65. The average molecular weight is 264 g/mol. The summed E-state index contributed by atoms with van der Waals surface area (Å²) >= 11 is 0. The van der Waals surface area contributed by atoms with Crippen LogP contribution < -0.4 is 4.74 Å². The van der Waals surface area contributed by atoms with E-state index in [4.69, 9.17) is 4.74 Å². The van der Waals surface area contributed by atoms with Gasteiger partial charge in [0, 0.05) is 18.5 Å². The van der Waals surface area contributed by atoms with E-state index in [1.165, 1.54) is 11.8 Å². The van der Waals surface area contributed by atoms with Crippen molar-refractivity contribution in [3.8, 4) is 5.88 Å². The molecule has 0 aliphatic heterocycles. The van der Waals surface area contributed by atoms with Gasteiger partial charge in [-0.05, 0) is 12.8 Å². The molecule has 1 saturated carbocycles. The van der Waals surface area contributed by atoms with Gasteiger partial charge >= 0.3 is 0 Å². The van der Waals surface area contributed by atoms with Gasteiger partial charge in [-0.1, -0.05) is 20.3 Å². The van der Waals surface area contributed by atoms with Gasteiger partial charge in [-0.15, -0.1) is 0 Å². The number of aryl methyl sites for hydroxylation is 1. The van der Waals surface area contributed by atoms with Crippen LogP contribution in [-0.2, 0) is 11.8 Å². The Morgan fingerprint density at radius 1 is 1.53 bits per heavy atom. The smallest absolute Gasteiger partial charge is 0.211 e. The number of nitrogens with zero attached hydrogens (tertiary/aromatic N) is 2. The molecule has 1 fully saturated rings. The third-order valence-electron chi connectivity index (χ3n) is 3.89. The van der Waals surface area contributed by atoms with Crippen LogP contribution in [0.2, 0.25) is 0 Å². The number of hydrogen-bond acceptors (Lipinski definition) is 4. The van der Waals surface area contributed by atoms with Gasteiger partial charge < -0.3 is 4.74 Å². The predicted octanol–water partition coefficient (Wildman–Crippen LogP) is 2.01. The molecule has 5 heteroatoms. The Kier molecular flexibility index (Phi) is 3.47. The summed E-state index contributed by atoms with van der Waals surface area (Å²) in [4.78, 5) is 24.8. The summed E-state index contributed by atoms with van der Waals surface area (Å²) in [6, 6.07) is 1.59. The molecule has 1 aromatic heterocycles. The molecule has 19 heavy (non-hydrogen) atoms. The molecule has 0 aromatic carbocycles. The minimum absolute atomic E-state index is 0.0355. The first-order chi connectivity index (χ1) is 8.86. The summed E-state index contributed by atoms with van der Waals surface area (Å²) in [5.74, 6) is -0.181. The Morgan fingerprint density at radius 2 is 2.21 bits per heavy atom. The highest BCUT2D eigenvalue weighted by Gasteiger charge is 2.41. The van der Waals surface area contributed by atoms with Crippen LogP contribution in [-0.4, -0.2) is 28.5 Å². The molecule has 1 unspecified atom stereocenters. The van der Waals surface area contributed by atoms with Gasteiger partial charge in [0.25, 0.3) is 0 Å². The molecular weight excluding hydrogens is 244 g/mol. The highest BCUT2D eigenvalue weighted by Crippen LogP contribution is 2.36. The molecule has 1 aromatic rings. The van der Waals surface area contributed by atoms with Crippen LogP contribution in [0.3, 0.4) is 0 Å². The lowest BCUT2D eigenvalue weighted by Gasteiger charge is -2.32. The molecule has 1 atom stereocenters. The van der Waals surface area contributed by atoms with Gasteiger partial charge in [-0.2, -0.15) is 5.10 Å². The SMILES string of the molecule is COc1cc(C(=O)C2CCCC(C)(C)C2=O)nn1C. The third-order valence-corrected chi connectivity index (χ3v) is 3.89. The zero-order chi connectivity index (χ0) is 14.2. The van der Waals surface area contributed by atoms with Crippen molar-refractivity contribution >= 4 is 11.6 Å². The molecule has 5 nitrogen and oxygen atoms in total. The first-order valence-electron chi connectivity index (χ1n) is 6.53. The Morgan fingerprint density at radius 3 is 2.79 bits per heavy atom. The molecule has 1 aliphatic carbocycles. The van der Waals surface area contributed by atoms with Crippen molar-refractivity contribution in [2.24, 2.45) is 18.4 Å². The fraction of sp³-hybridized carbons (Fsp3) is 0.643. The zero-order valence-corrected chi connectivity index (χ0v) is 11.9. The average Bonchev–Trinajstić information content (AvgIpc) is 2.73. The topological polar surface area (TPSA) is 61.2 Å². The van der Waals surface area contributed by atoms with Crippen molar-refractivity contribution in [3.05, 3.63) is 11.8 Å². The fourth-order valence-electron chi connectivity index (χ4n) is 2.66. The minimum atomic E-state index is -0.552. The zero-order valence-electron chi connectivity index (χ0n) is 11.9. The fourth-order valence-corrected chi connectivity index (χ4v) is 2.66. The molecule has 1 aliphatic rings. The van der Waals surface area contributed by atoms with E-state index in [2.05, 4.69) is 5.10 Å². The summed E-state index contributed by atoms with van der Waals surface area (Å²) in [7, 11) is 3.24. The standard InChI is InChI=1S/C14H20N2O3/c1-14(2)7-5-6-9(13(14)18)12(17)10-8-11(19-4)16(3)15-10/h8-9H,5-7H2,1-4H3. The van der Waals surface area contributed by atoms with Gasteiger partial charge in [-0.25, -0.2) is 4.68 Å². The molecule has 0 radical (unpaired) electrons. The second kappa shape index (κ2) is 4.79. The van der Waals surface area contributed by atoms with E-state index >= 15 is 0 Å². The Bertz CT molecular complexity index is 517. The van der Waals surface area contributed by atoms with E-state index < -0.39 is 11.3 Å². The second-order valence-electron chi connectivity index (χ2n) is 5.75. The normalized spacial score (nSPS) is 22.3. The van der Waals surface area contributed by atoms with Crippen LogP contribution in [0.25, 0.3) is 0 Å². The lowest BCUT2D eigenvalue weighted by atomic mass is 9.69. The second-order valence-corrected chi connectivity index (χ2v) is 5.75. The first-order valence-corrected chi connectivity index (χ1v) is 6.53. The van der Waals surface area contributed by atoms with Crippen molar-refractivity contribution in [1.29, 1.82) is 0 Å². The molecule has 2 rings (SSSR count). The number of aromatic nitrogens is 2. The van der Waals surface area contributed by atoms with Crippen LogP contribution >= 0.6 is 0 Å². The maximum atomic E-state index is 12.4. The van der Waals surface area contributed by atoms with Crippen LogP contribution in [0.15, 0.2) is 6.07 Å². The molecule has 0 bridgehead atoms. The number of ketones is 2. The Labute approximate surface area is 112 Å². The monoisotopic (exact) mass is 264 g/mol. The lowest BCUT2D eigenvalue weighted by molar-refractivity contribution is -0.132. The maximum absolute atomic E-state index is 12.4. The Balaban J connectivity index is 2.26. The summed E-state index contributed by atoms with van der Waals surface area (Å²) < 4.78 is 6.60. The molecule has 0 amide bonds. The van der Waals surface area contributed by atoms with Crippen LogP contribution in [0.5, 0.6) is 5.88 Å². The van der Waals surface area contributed by atoms with E-state index in [1.807, 2.05) is 13.8 Å². The minimum Gasteiger partial charge on any atom is -0.481 e. The van der Waals surface area contributed by atoms with E-state index in [9.17, 15) is 9.59 Å². The first kappa shape index (κ1) is 13.8. The highest BCUT2D eigenvalue weighted by molar-refractivity contribution is 6.11. The van der Waals surface area contributed by atoms with Crippen LogP contribution in [0, 0.1) is 11.3 Å². The van der Waals surface area contributed by atoms with E-state index in [-0.39, 0.29) is 11.6 Å². The number of methoxy groups -OCH3 is 1. The predicted molar refractivity (Wildman–Crippen MR) is 70.2 cm³/mol. The van der Waals surface area contributed by atoms with Gasteiger partial charge in [0.1, 0.15) is 11.5 Å². The van der Waals surface area contributed by atoms with E-state index in [0.29, 0.717) is 18.0 Å². The number of carbonyl (C=O) groups is 2. The molecule has 1 heterocycles. The summed E-state index contributed by atoms with van der Waals surface area (Å²) in [6.07, 6.45) is 2.38. The molecule has 0 saturated heterocycles. The number of hydrogen-bond donors (Lipinski definition) is 0. The number of ether oxygens (including phenoxy) is 1. The van der Waals surface area contributed by atoms with Gasteiger partial charge in [0.2, 0.25) is 5.88 Å². The van der Waals surface area contributed by atoms with Crippen LogP contribution in [0.4, 0.5) is 0 Å². The molecule has 0 N–H and O–H groups in total. The van der Waals surface area contributed by atoms with E-state index in [0.717, 1.165) is 12.8 Å². The maximum Gasteiger partial charge on any atom is 0.211 e. The molecule has 0 spiro atoms. The van der Waals surface area contributed by atoms with Crippen molar-refractivity contribution in [2.45, 2.75) is 33.1 Å². The molecular formula is C14H20N2O3.